The maximum atomic E-state index is 12.9. The maximum Gasteiger partial charge on any atom is 0.262 e. The lowest BCUT2D eigenvalue weighted by molar-refractivity contribution is -0.114. The third-order valence-corrected chi connectivity index (χ3v) is 8.42. The molecular formula is C20H26N2O6S2. The number of anilines is 2. The highest BCUT2D eigenvalue weighted by molar-refractivity contribution is 7.93. The monoisotopic (exact) mass is 454 g/mol. The summed E-state index contributed by atoms with van der Waals surface area (Å²) in [7, 11) is -6.27. The Labute approximate surface area is 177 Å². The Morgan fingerprint density at radius 1 is 0.967 bits per heavy atom. The van der Waals surface area contributed by atoms with Crippen molar-refractivity contribution in [1.82, 2.24) is 0 Å². The first-order valence-electron chi connectivity index (χ1n) is 9.37. The van der Waals surface area contributed by atoms with Gasteiger partial charge < -0.3 is 10.1 Å². The molecule has 0 bridgehead atoms. The van der Waals surface area contributed by atoms with Gasteiger partial charge in [-0.3, -0.25) is 9.52 Å². The number of hydrogen-bond acceptors (Lipinski definition) is 6. The zero-order valence-electron chi connectivity index (χ0n) is 17.3. The minimum atomic E-state index is -4.02. The molecule has 2 rings (SSSR count). The van der Waals surface area contributed by atoms with Crippen LogP contribution in [0.5, 0.6) is 5.75 Å². The Bertz CT molecular complexity index is 1110. The number of ether oxygens (including phenoxy) is 1. The van der Waals surface area contributed by atoms with Gasteiger partial charge >= 0.3 is 0 Å². The second kappa shape index (κ2) is 9.48. The van der Waals surface area contributed by atoms with E-state index in [0.29, 0.717) is 18.5 Å². The Kier molecular flexibility index (Phi) is 7.49. The molecule has 0 spiro atoms. The van der Waals surface area contributed by atoms with E-state index >= 15 is 0 Å². The van der Waals surface area contributed by atoms with Gasteiger partial charge in [-0.05, 0) is 55.3 Å². The van der Waals surface area contributed by atoms with Crippen LogP contribution in [-0.2, 0) is 24.7 Å². The van der Waals surface area contributed by atoms with E-state index in [4.69, 9.17) is 4.74 Å². The summed E-state index contributed by atoms with van der Waals surface area (Å²) >= 11 is 0. The number of carbonyl (C=O) groups is 1. The average Bonchev–Trinajstić information content (AvgIpc) is 2.68. The number of nitrogens with one attached hydrogen (secondary N) is 2. The molecule has 1 amide bonds. The molecule has 2 aromatic carbocycles. The molecule has 164 valence electrons. The van der Waals surface area contributed by atoms with Crippen LogP contribution < -0.4 is 14.8 Å². The SMILES string of the molecule is CCC(CC)S(=O)(=O)c1ccc(OC)c(NS(=O)(=O)c2ccc(NC(C)=O)cc2)c1. The van der Waals surface area contributed by atoms with Crippen molar-refractivity contribution in [2.45, 2.75) is 48.7 Å². The van der Waals surface area contributed by atoms with Gasteiger partial charge in [0.15, 0.2) is 9.84 Å². The minimum absolute atomic E-state index is 0.0236. The molecule has 10 heteroatoms. The zero-order chi connectivity index (χ0) is 22.5. The van der Waals surface area contributed by atoms with Gasteiger partial charge in [0, 0.05) is 12.6 Å². The van der Waals surface area contributed by atoms with Crippen molar-refractivity contribution < 1.29 is 26.4 Å². The number of methoxy groups -OCH3 is 1. The Balaban J connectivity index is 2.42. The first-order chi connectivity index (χ1) is 14.0. The Morgan fingerprint density at radius 3 is 2.03 bits per heavy atom. The summed E-state index contributed by atoms with van der Waals surface area (Å²) in [5.74, 6) is -0.0825. The highest BCUT2D eigenvalue weighted by Crippen LogP contribution is 2.32. The lowest BCUT2D eigenvalue weighted by atomic mass is 10.3. The molecule has 0 atom stereocenters. The second-order valence-corrected chi connectivity index (χ2v) is 10.6. The topological polar surface area (TPSA) is 119 Å². The van der Waals surface area contributed by atoms with Crippen LogP contribution in [0.4, 0.5) is 11.4 Å². The smallest absolute Gasteiger partial charge is 0.262 e. The number of sulfonamides is 1. The van der Waals surface area contributed by atoms with Gasteiger partial charge in [0.05, 0.1) is 27.8 Å². The molecule has 30 heavy (non-hydrogen) atoms. The number of amides is 1. The van der Waals surface area contributed by atoms with Crippen LogP contribution in [0.3, 0.4) is 0 Å². The van der Waals surface area contributed by atoms with E-state index in [0.717, 1.165) is 0 Å². The fourth-order valence-electron chi connectivity index (χ4n) is 2.99. The first-order valence-corrected chi connectivity index (χ1v) is 12.4. The van der Waals surface area contributed by atoms with Crippen molar-refractivity contribution in [1.29, 1.82) is 0 Å². The fraction of sp³-hybridized carbons (Fsp3) is 0.350. The summed E-state index contributed by atoms with van der Waals surface area (Å²) in [6, 6.07) is 9.70. The molecule has 0 aliphatic rings. The van der Waals surface area contributed by atoms with E-state index in [1.165, 1.54) is 56.5 Å². The van der Waals surface area contributed by atoms with E-state index in [9.17, 15) is 21.6 Å². The van der Waals surface area contributed by atoms with E-state index in [-0.39, 0.29) is 27.1 Å². The van der Waals surface area contributed by atoms with Crippen molar-refractivity contribution in [3.8, 4) is 5.75 Å². The van der Waals surface area contributed by atoms with Crippen molar-refractivity contribution in [2.75, 3.05) is 17.1 Å². The average molecular weight is 455 g/mol. The fourth-order valence-corrected chi connectivity index (χ4v) is 5.85. The molecule has 0 aromatic heterocycles. The van der Waals surface area contributed by atoms with E-state index < -0.39 is 25.1 Å². The van der Waals surface area contributed by atoms with Gasteiger partial charge in [-0.15, -0.1) is 0 Å². The third-order valence-electron chi connectivity index (χ3n) is 4.58. The molecule has 0 fully saturated rings. The Hall–Kier alpha value is -2.59. The van der Waals surface area contributed by atoms with Crippen LogP contribution >= 0.6 is 0 Å². The number of carbonyl (C=O) groups excluding carboxylic acids is 1. The van der Waals surface area contributed by atoms with Gasteiger partial charge in [0.1, 0.15) is 5.75 Å². The number of rotatable bonds is 9. The van der Waals surface area contributed by atoms with Gasteiger partial charge in [-0.1, -0.05) is 13.8 Å². The largest absolute Gasteiger partial charge is 0.495 e. The number of hydrogen-bond donors (Lipinski definition) is 2. The van der Waals surface area contributed by atoms with E-state index in [2.05, 4.69) is 10.0 Å². The molecule has 2 N–H and O–H groups in total. The van der Waals surface area contributed by atoms with Crippen LogP contribution in [0.15, 0.2) is 52.3 Å². The Morgan fingerprint density at radius 2 is 1.53 bits per heavy atom. The quantitative estimate of drug-likeness (QED) is 0.599. The molecule has 8 nitrogen and oxygen atoms in total. The maximum absolute atomic E-state index is 12.9. The summed E-state index contributed by atoms with van der Waals surface area (Å²) in [5, 5.41) is 2.00. The summed E-state index contributed by atoms with van der Waals surface area (Å²) < 4.78 is 58.9. The predicted molar refractivity (Wildman–Crippen MR) is 116 cm³/mol. The van der Waals surface area contributed by atoms with Gasteiger partial charge in [-0.25, -0.2) is 16.8 Å². The van der Waals surface area contributed by atoms with E-state index in [1.54, 1.807) is 13.8 Å². The van der Waals surface area contributed by atoms with Crippen molar-refractivity contribution in [2.24, 2.45) is 0 Å². The lowest BCUT2D eigenvalue weighted by Gasteiger charge is -2.17. The standard InChI is InChI=1S/C20H26N2O6S2/c1-5-16(6-2)29(24,25)18-11-12-20(28-4)19(13-18)22-30(26,27)17-9-7-15(8-10-17)21-14(3)23/h7-13,16,22H,5-6H2,1-4H3,(H,21,23). The van der Waals surface area contributed by atoms with Crippen LogP contribution in [0, 0.1) is 0 Å². The summed E-state index contributed by atoms with van der Waals surface area (Å²) in [5.41, 5.74) is 0.479. The predicted octanol–water partition coefficient (Wildman–Crippen LogP) is 3.42. The van der Waals surface area contributed by atoms with Gasteiger partial charge in [-0.2, -0.15) is 0 Å². The normalized spacial score (nSPS) is 11.9. The first kappa shape index (κ1) is 23.7. The van der Waals surface area contributed by atoms with Crippen LogP contribution in [-0.4, -0.2) is 35.1 Å². The van der Waals surface area contributed by atoms with Crippen molar-refractivity contribution >= 4 is 37.1 Å². The summed E-state index contributed by atoms with van der Waals surface area (Å²) in [6.45, 7) is 4.94. The molecule has 0 heterocycles. The van der Waals surface area contributed by atoms with Gasteiger partial charge in [0.25, 0.3) is 10.0 Å². The summed E-state index contributed by atoms with van der Waals surface area (Å²) in [6.07, 6.45) is 0.902. The number of benzene rings is 2. The molecule has 0 saturated carbocycles. The van der Waals surface area contributed by atoms with Crippen molar-refractivity contribution in [3.05, 3.63) is 42.5 Å². The zero-order valence-corrected chi connectivity index (χ0v) is 18.9. The van der Waals surface area contributed by atoms with Crippen LogP contribution in [0.2, 0.25) is 0 Å². The summed E-state index contributed by atoms with van der Waals surface area (Å²) in [4.78, 5) is 11.1. The molecule has 0 saturated heterocycles. The van der Waals surface area contributed by atoms with E-state index in [1.807, 2.05) is 0 Å². The molecule has 0 aliphatic heterocycles. The highest BCUT2D eigenvalue weighted by atomic mass is 32.2. The number of sulfone groups is 1. The second-order valence-electron chi connectivity index (χ2n) is 6.66. The van der Waals surface area contributed by atoms with Gasteiger partial charge in [0.2, 0.25) is 5.91 Å². The van der Waals surface area contributed by atoms with Crippen LogP contribution in [0.1, 0.15) is 33.6 Å². The molecule has 0 unspecified atom stereocenters. The molecule has 0 radical (unpaired) electrons. The lowest BCUT2D eigenvalue weighted by Crippen LogP contribution is -2.20. The minimum Gasteiger partial charge on any atom is -0.495 e. The molecule has 2 aromatic rings. The highest BCUT2D eigenvalue weighted by Gasteiger charge is 2.26. The van der Waals surface area contributed by atoms with Crippen LogP contribution in [0.25, 0.3) is 0 Å². The molecule has 0 aliphatic carbocycles. The third kappa shape index (κ3) is 5.31. The molecular weight excluding hydrogens is 428 g/mol. The van der Waals surface area contributed by atoms with Crippen molar-refractivity contribution in [3.63, 3.8) is 0 Å².